The standard InChI is InChI=1S/C12H24N2O/c1-12(2)5-3-11(15-12)9-14-6-4-10(7-13)8-14/h10-11H,3-9,13H2,1-2H3. The van der Waals surface area contributed by atoms with Gasteiger partial charge in [-0.3, -0.25) is 0 Å². The Morgan fingerprint density at radius 1 is 1.40 bits per heavy atom. The van der Waals surface area contributed by atoms with Crippen molar-refractivity contribution in [3.05, 3.63) is 0 Å². The molecule has 0 bridgehead atoms. The van der Waals surface area contributed by atoms with E-state index in [1.54, 1.807) is 0 Å². The monoisotopic (exact) mass is 212 g/mol. The molecule has 2 unspecified atom stereocenters. The molecule has 2 rings (SSSR count). The van der Waals surface area contributed by atoms with Gasteiger partial charge in [-0.2, -0.15) is 0 Å². The fourth-order valence-electron chi connectivity index (χ4n) is 2.77. The third-order valence-corrected chi connectivity index (χ3v) is 3.72. The highest BCUT2D eigenvalue weighted by Crippen LogP contribution is 2.30. The number of hydrogen-bond acceptors (Lipinski definition) is 3. The summed E-state index contributed by atoms with van der Waals surface area (Å²) in [5, 5.41) is 0. The molecule has 2 fully saturated rings. The van der Waals surface area contributed by atoms with E-state index in [2.05, 4.69) is 18.7 Å². The molecular formula is C12H24N2O. The molecular weight excluding hydrogens is 188 g/mol. The van der Waals surface area contributed by atoms with Gasteiger partial charge >= 0.3 is 0 Å². The summed E-state index contributed by atoms with van der Waals surface area (Å²) >= 11 is 0. The lowest BCUT2D eigenvalue weighted by atomic mass is 10.1. The summed E-state index contributed by atoms with van der Waals surface area (Å²) in [6.07, 6.45) is 4.14. The van der Waals surface area contributed by atoms with Crippen LogP contribution >= 0.6 is 0 Å². The maximum absolute atomic E-state index is 6.01. The highest BCUT2D eigenvalue weighted by atomic mass is 16.5. The van der Waals surface area contributed by atoms with E-state index in [1.807, 2.05) is 0 Å². The Balaban J connectivity index is 1.74. The fraction of sp³-hybridized carbons (Fsp3) is 1.00. The van der Waals surface area contributed by atoms with Crippen molar-refractivity contribution < 1.29 is 4.74 Å². The van der Waals surface area contributed by atoms with Gasteiger partial charge in [0, 0.05) is 13.1 Å². The van der Waals surface area contributed by atoms with Gasteiger partial charge in [0.2, 0.25) is 0 Å². The molecule has 88 valence electrons. The summed E-state index contributed by atoms with van der Waals surface area (Å²) in [6.45, 7) is 8.73. The first-order chi connectivity index (χ1) is 7.09. The summed E-state index contributed by atoms with van der Waals surface area (Å²) in [5.41, 5.74) is 5.80. The Kier molecular flexibility index (Phi) is 3.33. The lowest BCUT2D eigenvalue weighted by Gasteiger charge is -2.23. The highest BCUT2D eigenvalue weighted by molar-refractivity contribution is 4.85. The van der Waals surface area contributed by atoms with Crippen molar-refractivity contribution in [2.75, 3.05) is 26.2 Å². The number of ether oxygens (including phenoxy) is 1. The molecule has 2 N–H and O–H groups in total. The molecule has 3 nitrogen and oxygen atoms in total. The summed E-state index contributed by atoms with van der Waals surface area (Å²) in [5.74, 6) is 0.722. The van der Waals surface area contributed by atoms with Gasteiger partial charge in [0.15, 0.2) is 0 Å². The zero-order chi connectivity index (χ0) is 10.9. The van der Waals surface area contributed by atoms with Crippen molar-refractivity contribution in [2.24, 2.45) is 11.7 Å². The summed E-state index contributed by atoms with van der Waals surface area (Å²) < 4.78 is 6.01. The van der Waals surface area contributed by atoms with E-state index in [0.29, 0.717) is 6.10 Å². The van der Waals surface area contributed by atoms with Crippen LogP contribution in [0.3, 0.4) is 0 Å². The molecule has 15 heavy (non-hydrogen) atoms. The molecule has 0 aromatic heterocycles. The largest absolute Gasteiger partial charge is 0.371 e. The second-order valence-electron chi connectivity index (χ2n) is 5.69. The van der Waals surface area contributed by atoms with Crippen LogP contribution < -0.4 is 5.73 Å². The molecule has 0 aliphatic carbocycles. The number of rotatable bonds is 3. The highest BCUT2D eigenvalue weighted by Gasteiger charge is 2.33. The lowest BCUT2D eigenvalue weighted by molar-refractivity contribution is -0.0265. The first-order valence-corrected chi connectivity index (χ1v) is 6.19. The molecule has 2 aliphatic rings. The summed E-state index contributed by atoms with van der Waals surface area (Å²) in [7, 11) is 0. The van der Waals surface area contributed by atoms with Gasteiger partial charge in [-0.05, 0) is 52.1 Å². The van der Waals surface area contributed by atoms with E-state index < -0.39 is 0 Å². The first kappa shape index (κ1) is 11.4. The van der Waals surface area contributed by atoms with Crippen LogP contribution in [0.25, 0.3) is 0 Å². The third-order valence-electron chi connectivity index (χ3n) is 3.72. The molecule has 0 aromatic rings. The number of nitrogens with zero attached hydrogens (tertiary/aromatic N) is 1. The van der Waals surface area contributed by atoms with E-state index in [-0.39, 0.29) is 5.60 Å². The Hall–Kier alpha value is -0.120. The second-order valence-corrected chi connectivity index (χ2v) is 5.69. The maximum Gasteiger partial charge on any atom is 0.0710 e. The molecule has 2 aliphatic heterocycles. The van der Waals surface area contributed by atoms with Crippen molar-refractivity contribution in [1.82, 2.24) is 4.90 Å². The van der Waals surface area contributed by atoms with Crippen LogP contribution in [0.1, 0.15) is 33.1 Å². The van der Waals surface area contributed by atoms with Crippen molar-refractivity contribution in [3.8, 4) is 0 Å². The van der Waals surface area contributed by atoms with Crippen molar-refractivity contribution >= 4 is 0 Å². The maximum atomic E-state index is 6.01. The van der Waals surface area contributed by atoms with Gasteiger partial charge in [-0.15, -0.1) is 0 Å². The fourth-order valence-corrected chi connectivity index (χ4v) is 2.77. The van der Waals surface area contributed by atoms with E-state index in [9.17, 15) is 0 Å². The number of nitrogens with two attached hydrogens (primary N) is 1. The molecule has 0 aromatic carbocycles. The van der Waals surface area contributed by atoms with Gasteiger partial charge < -0.3 is 15.4 Å². The second kappa shape index (κ2) is 4.40. The average molecular weight is 212 g/mol. The van der Waals surface area contributed by atoms with Crippen molar-refractivity contribution in [3.63, 3.8) is 0 Å². The van der Waals surface area contributed by atoms with Gasteiger partial charge in [0.1, 0.15) is 0 Å². The van der Waals surface area contributed by atoms with E-state index >= 15 is 0 Å². The summed E-state index contributed by atoms with van der Waals surface area (Å²) in [4.78, 5) is 2.52. The van der Waals surface area contributed by atoms with Crippen molar-refractivity contribution in [1.29, 1.82) is 0 Å². The van der Waals surface area contributed by atoms with Crippen LogP contribution in [0.4, 0.5) is 0 Å². The van der Waals surface area contributed by atoms with Crippen molar-refractivity contribution in [2.45, 2.75) is 44.8 Å². The van der Waals surface area contributed by atoms with Crippen LogP contribution in [0.5, 0.6) is 0 Å². The minimum Gasteiger partial charge on any atom is -0.371 e. The van der Waals surface area contributed by atoms with Gasteiger partial charge in [0.25, 0.3) is 0 Å². The van der Waals surface area contributed by atoms with Gasteiger partial charge in [-0.25, -0.2) is 0 Å². The van der Waals surface area contributed by atoms with Gasteiger partial charge in [0.05, 0.1) is 11.7 Å². The zero-order valence-electron chi connectivity index (χ0n) is 10.0. The third kappa shape index (κ3) is 2.92. The van der Waals surface area contributed by atoms with E-state index in [4.69, 9.17) is 10.5 Å². The normalized spacial score (nSPS) is 36.2. The summed E-state index contributed by atoms with van der Waals surface area (Å²) in [6, 6.07) is 0. The lowest BCUT2D eigenvalue weighted by Crippen LogP contribution is -2.32. The molecule has 2 saturated heterocycles. The quantitative estimate of drug-likeness (QED) is 0.764. The topological polar surface area (TPSA) is 38.5 Å². The molecule has 3 heteroatoms. The minimum atomic E-state index is 0.109. The van der Waals surface area contributed by atoms with Crippen LogP contribution in [0.2, 0.25) is 0 Å². The Morgan fingerprint density at radius 3 is 2.73 bits per heavy atom. The Morgan fingerprint density at radius 2 is 2.20 bits per heavy atom. The first-order valence-electron chi connectivity index (χ1n) is 6.19. The molecule has 2 atom stereocenters. The molecule has 0 radical (unpaired) electrons. The minimum absolute atomic E-state index is 0.109. The Bertz CT molecular complexity index is 218. The van der Waals surface area contributed by atoms with Gasteiger partial charge in [-0.1, -0.05) is 0 Å². The molecule has 0 spiro atoms. The van der Waals surface area contributed by atoms with Crippen LogP contribution in [0.15, 0.2) is 0 Å². The number of hydrogen-bond donors (Lipinski definition) is 1. The smallest absolute Gasteiger partial charge is 0.0710 e. The molecule has 2 heterocycles. The predicted molar refractivity (Wildman–Crippen MR) is 61.8 cm³/mol. The SMILES string of the molecule is CC1(C)CCC(CN2CCC(CN)C2)O1. The van der Waals surface area contributed by atoms with Crippen LogP contribution in [-0.4, -0.2) is 42.8 Å². The molecule has 0 amide bonds. The molecule has 0 saturated carbocycles. The zero-order valence-corrected chi connectivity index (χ0v) is 10.0. The number of likely N-dealkylation sites (tertiary alicyclic amines) is 1. The Labute approximate surface area is 93.0 Å². The predicted octanol–water partition coefficient (Wildman–Crippen LogP) is 1.22. The average Bonchev–Trinajstić information content (AvgIpc) is 2.73. The van der Waals surface area contributed by atoms with Crippen LogP contribution in [-0.2, 0) is 4.74 Å². The van der Waals surface area contributed by atoms with E-state index in [1.165, 1.54) is 32.4 Å². The van der Waals surface area contributed by atoms with E-state index in [0.717, 1.165) is 19.0 Å². The van der Waals surface area contributed by atoms with Crippen LogP contribution in [0, 0.1) is 5.92 Å².